The summed E-state index contributed by atoms with van der Waals surface area (Å²) >= 11 is 0. The van der Waals surface area contributed by atoms with E-state index in [0.717, 1.165) is 24.4 Å². The van der Waals surface area contributed by atoms with Crippen LogP contribution in [0.4, 0.5) is 5.69 Å². The minimum Gasteiger partial charge on any atom is -0.388 e. The molecule has 19 heavy (non-hydrogen) atoms. The van der Waals surface area contributed by atoms with Gasteiger partial charge in [-0.25, -0.2) is 0 Å². The molecule has 1 aliphatic rings. The second-order valence-corrected chi connectivity index (χ2v) is 5.90. The van der Waals surface area contributed by atoms with Crippen molar-refractivity contribution in [3.05, 3.63) is 29.8 Å². The lowest BCUT2D eigenvalue weighted by Crippen LogP contribution is -2.26. The normalized spacial score (nSPS) is 18.3. The van der Waals surface area contributed by atoms with E-state index in [0.29, 0.717) is 0 Å². The third-order valence-corrected chi connectivity index (χ3v) is 4.36. The van der Waals surface area contributed by atoms with Gasteiger partial charge in [-0.05, 0) is 42.9 Å². The van der Waals surface area contributed by atoms with Crippen LogP contribution in [0.5, 0.6) is 0 Å². The van der Waals surface area contributed by atoms with Crippen molar-refractivity contribution in [1.82, 2.24) is 0 Å². The number of rotatable bonds is 5. The Kier molecular flexibility index (Phi) is 5.26. The molecule has 0 radical (unpaired) electrons. The Balaban J connectivity index is 1.93. The van der Waals surface area contributed by atoms with Crippen LogP contribution in [0.25, 0.3) is 0 Å². The van der Waals surface area contributed by atoms with E-state index < -0.39 is 0 Å². The molecular weight excluding hydrogens is 234 g/mol. The van der Waals surface area contributed by atoms with Crippen molar-refractivity contribution in [1.29, 1.82) is 0 Å². The quantitative estimate of drug-likeness (QED) is 0.861. The fourth-order valence-electron chi connectivity index (χ4n) is 3.05. The van der Waals surface area contributed by atoms with Crippen molar-refractivity contribution < 1.29 is 5.11 Å². The molecule has 0 unspecified atom stereocenters. The van der Waals surface area contributed by atoms with E-state index in [-0.39, 0.29) is 6.10 Å². The summed E-state index contributed by atoms with van der Waals surface area (Å²) in [5.74, 6) is 0.861. The van der Waals surface area contributed by atoms with Crippen molar-refractivity contribution >= 4 is 5.69 Å². The second kappa shape index (κ2) is 6.95. The monoisotopic (exact) mass is 261 g/mol. The van der Waals surface area contributed by atoms with Gasteiger partial charge in [-0.1, -0.05) is 38.3 Å². The third kappa shape index (κ3) is 3.97. The van der Waals surface area contributed by atoms with Crippen LogP contribution in [0.2, 0.25) is 0 Å². The van der Waals surface area contributed by atoms with E-state index in [2.05, 4.69) is 36.2 Å². The zero-order chi connectivity index (χ0) is 13.7. The summed E-state index contributed by atoms with van der Waals surface area (Å²) < 4.78 is 0. The number of benzene rings is 1. The molecule has 0 heterocycles. The van der Waals surface area contributed by atoms with Crippen LogP contribution in [-0.2, 0) is 0 Å². The van der Waals surface area contributed by atoms with Gasteiger partial charge in [0.05, 0.1) is 6.10 Å². The standard InChI is InChI=1S/C17H27NO/c1-3-17(19)15-9-11-16(12-10-15)18(2)13-14-7-5-4-6-8-14/h9-12,14,17,19H,3-8,13H2,1-2H3/t17-/m0/s1. The summed E-state index contributed by atoms with van der Waals surface area (Å²) in [4.78, 5) is 2.36. The van der Waals surface area contributed by atoms with E-state index in [1.54, 1.807) is 0 Å². The lowest BCUT2D eigenvalue weighted by molar-refractivity contribution is 0.173. The molecule has 1 atom stereocenters. The van der Waals surface area contributed by atoms with Crippen LogP contribution in [0.15, 0.2) is 24.3 Å². The molecule has 1 aliphatic carbocycles. The first-order chi connectivity index (χ1) is 9.20. The van der Waals surface area contributed by atoms with Crippen LogP contribution in [-0.4, -0.2) is 18.7 Å². The highest BCUT2D eigenvalue weighted by atomic mass is 16.3. The Morgan fingerprint density at radius 1 is 1.16 bits per heavy atom. The molecule has 0 aliphatic heterocycles. The molecule has 0 saturated heterocycles. The maximum absolute atomic E-state index is 9.81. The van der Waals surface area contributed by atoms with Gasteiger partial charge in [-0.15, -0.1) is 0 Å². The zero-order valence-electron chi connectivity index (χ0n) is 12.3. The molecule has 1 aromatic carbocycles. The van der Waals surface area contributed by atoms with E-state index in [1.165, 1.54) is 37.8 Å². The Bertz CT molecular complexity index is 367. The maximum Gasteiger partial charge on any atom is 0.0787 e. The molecule has 0 aromatic heterocycles. The Morgan fingerprint density at radius 3 is 2.37 bits per heavy atom. The number of aliphatic hydroxyl groups is 1. The fraction of sp³-hybridized carbons (Fsp3) is 0.647. The van der Waals surface area contributed by atoms with Crippen molar-refractivity contribution in [2.75, 3.05) is 18.5 Å². The van der Waals surface area contributed by atoms with Crippen molar-refractivity contribution in [2.45, 2.75) is 51.6 Å². The zero-order valence-corrected chi connectivity index (χ0v) is 12.3. The van der Waals surface area contributed by atoms with E-state index in [4.69, 9.17) is 0 Å². The lowest BCUT2D eigenvalue weighted by atomic mass is 9.89. The molecule has 1 aromatic rings. The maximum atomic E-state index is 9.81. The third-order valence-electron chi connectivity index (χ3n) is 4.36. The summed E-state index contributed by atoms with van der Waals surface area (Å²) in [5, 5.41) is 9.81. The topological polar surface area (TPSA) is 23.5 Å². The van der Waals surface area contributed by atoms with E-state index in [1.807, 2.05) is 6.92 Å². The first-order valence-corrected chi connectivity index (χ1v) is 7.70. The van der Waals surface area contributed by atoms with Gasteiger partial charge in [0.25, 0.3) is 0 Å². The summed E-state index contributed by atoms with van der Waals surface area (Å²) in [7, 11) is 2.18. The first-order valence-electron chi connectivity index (χ1n) is 7.70. The minimum atomic E-state index is -0.322. The summed E-state index contributed by atoms with van der Waals surface area (Å²) in [6, 6.07) is 8.38. The van der Waals surface area contributed by atoms with Gasteiger partial charge in [0.1, 0.15) is 0 Å². The molecule has 106 valence electrons. The molecule has 0 bridgehead atoms. The summed E-state index contributed by atoms with van der Waals surface area (Å²) in [6.45, 7) is 3.17. The average Bonchev–Trinajstić information content (AvgIpc) is 2.47. The summed E-state index contributed by atoms with van der Waals surface area (Å²) in [5.41, 5.74) is 2.29. The lowest BCUT2D eigenvalue weighted by Gasteiger charge is -2.28. The van der Waals surface area contributed by atoms with E-state index >= 15 is 0 Å². The molecule has 2 heteroatoms. The average molecular weight is 261 g/mol. The minimum absolute atomic E-state index is 0.322. The molecule has 1 saturated carbocycles. The highest BCUT2D eigenvalue weighted by Gasteiger charge is 2.15. The number of hydrogen-bond acceptors (Lipinski definition) is 2. The van der Waals surface area contributed by atoms with Crippen molar-refractivity contribution in [3.8, 4) is 0 Å². The molecule has 1 fully saturated rings. The Hall–Kier alpha value is -1.02. The van der Waals surface area contributed by atoms with Gasteiger partial charge >= 0.3 is 0 Å². The number of nitrogens with zero attached hydrogens (tertiary/aromatic N) is 1. The molecule has 2 rings (SSSR count). The number of anilines is 1. The molecular formula is C17H27NO. The Labute approximate surface area is 117 Å². The van der Waals surface area contributed by atoms with Crippen molar-refractivity contribution in [3.63, 3.8) is 0 Å². The van der Waals surface area contributed by atoms with Gasteiger partial charge in [-0.3, -0.25) is 0 Å². The molecule has 0 spiro atoms. The molecule has 1 N–H and O–H groups in total. The van der Waals surface area contributed by atoms with Crippen LogP contribution in [0.3, 0.4) is 0 Å². The SMILES string of the molecule is CC[C@H](O)c1ccc(N(C)CC2CCCCC2)cc1. The first kappa shape index (κ1) is 14.4. The van der Waals surface area contributed by atoms with Gasteiger partial charge in [0.2, 0.25) is 0 Å². The van der Waals surface area contributed by atoms with Gasteiger partial charge < -0.3 is 10.0 Å². The number of aliphatic hydroxyl groups excluding tert-OH is 1. The molecule has 2 nitrogen and oxygen atoms in total. The fourth-order valence-corrected chi connectivity index (χ4v) is 3.05. The largest absolute Gasteiger partial charge is 0.388 e. The smallest absolute Gasteiger partial charge is 0.0787 e. The predicted molar refractivity (Wildman–Crippen MR) is 81.5 cm³/mol. The van der Waals surface area contributed by atoms with E-state index in [9.17, 15) is 5.11 Å². The highest BCUT2D eigenvalue weighted by molar-refractivity contribution is 5.47. The van der Waals surface area contributed by atoms with Crippen LogP contribution < -0.4 is 4.90 Å². The molecule has 0 amide bonds. The van der Waals surface area contributed by atoms with Gasteiger partial charge in [-0.2, -0.15) is 0 Å². The second-order valence-electron chi connectivity index (χ2n) is 5.90. The highest BCUT2D eigenvalue weighted by Crippen LogP contribution is 2.26. The van der Waals surface area contributed by atoms with Crippen LogP contribution >= 0.6 is 0 Å². The van der Waals surface area contributed by atoms with Gasteiger partial charge in [0, 0.05) is 19.3 Å². The summed E-state index contributed by atoms with van der Waals surface area (Å²) in [6.07, 6.45) is 7.45. The predicted octanol–water partition coefficient (Wildman–Crippen LogP) is 4.15. The Morgan fingerprint density at radius 2 is 1.79 bits per heavy atom. The van der Waals surface area contributed by atoms with Crippen LogP contribution in [0.1, 0.15) is 57.1 Å². The van der Waals surface area contributed by atoms with Gasteiger partial charge in [0.15, 0.2) is 0 Å². The van der Waals surface area contributed by atoms with Crippen LogP contribution in [0, 0.1) is 5.92 Å². The number of hydrogen-bond donors (Lipinski definition) is 1. The van der Waals surface area contributed by atoms with Crippen molar-refractivity contribution in [2.24, 2.45) is 5.92 Å².